The molecule has 100 valence electrons. The van der Waals surface area contributed by atoms with Crippen LogP contribution in [0.5, 0.6) is 0 Å². The highest BCUT2D eigenvalue weighted by atomic mass is 16.5. The second-order valence-corrected chi connectivity index (χ2v) is 4.56. The molecule has 19 heavy (non-hydrogen) atoms. The van der Waals surface area contributed by atoms with Crippen LogP contribution in [0.1, 0.15) is 10.6 Å². The Morgan fingerprint density at radius 1 is 1.42 bits per heavy atom. The zero-order valence-corrected chi connectivity index (χ0v) is 10.4. The zero-order chi connectivity index (χ0) is 13.2. The molecular weight excluding hydrogens is 246 g/mol. The van der Waals surface area contributed by atoms with Crippen molar-refractivity contribution in [2.24, 2.45) is 0 Å². The van der Waals surface area contributed by atoms with Crippen molar-refractivity contribution in [2.45, 2.75) is 6.04 Å². The van der Waals surface area contributed by atoms with Crippen LogP contribution >= 0.6 is 0 Å². The lowest BCUT2D eigenvalue weighted by atomic mass is 10.2. The number of hydrogen-bond acceptors (Lipinski definition) is 4. The van der Waals surface area contributed by atoms with Crippen molar-refractivity contribution in [1.82, 2.24) is 4.90 Å². The summed E-state index contributed by atoms with van der Waals surface area (Å²) in [6.45, 7) is 1.22. The monoisotopic (exact) mass is 261 g/mol. The smallest absolute Gasteiger partial charge is 0.290 e. The molecule has 1 aromatic heterocycles. The zero-order valence-electron chi connectivity index (χ0n) is 10.4. The molecule has 0 spiro atoms. The molecule has 1 N–H and O–H groups in total. The van der Waals surface area contributed by atoms with Gasteiger partial charge < -0.3 is 19.2 Å². The molecular formula is C14H15NO4. The van der Waals surface area contributed by atoms with Gasteiger partial charge in [0.15, 0.2) is 5.76 Å². The summed E-state index contributed by atoms with van der Waals surface area (Å²) in [6, 6.07) is 8.94. The Labute approximate surface area is 110 Å². The summed E-state index contributed by atoms with van der Waals surface area (Å²) < 4.78 is 10.8. The van der Waals surface area contributed by atoms with Crippen molar-refractivity contribution in [2.75, 3.05) is 26.4 Å². The van der Waals surface area contributed by atoms with Crippen LogP contribution < -0.4 is 0 Å². The summed E-state index contributed by atoms with van der Waals surface area (Å²) in [7, 11) is 0. The van der Waals surface area contributed by atoms with Crippen LogP contribution in [0.2, 0.25) is 0 Å². The summed E-state index contributed by atoms with van der Waals surface area (Å²) in [6.07, 6.45) is 0. The summed E-state index contributed by atoms with van der Waals surface area (Å²) >= 11 is 0. The van der Waals surface area contributed by atoms with E-state index >= 15 is 0 Å². The number of aliphatic hydroxyl groups is 1. The third-order valence-electron chi connectivity index (χ3n) is 3.34. The lowest BCUT2D eigenvalue weighted by Crippen LogP contribution is -2.50. The maximum atomic E-state index is 12.4. The SMILES string of the molecule is O=C(c1cc2ccccc2o1)N1CCOCC1CO. The molecule has 0 bridgehead atoms. The molecule has 0 saturated carbocycles. The van der Waals surface area contributed by atoms with Crippen molar-refractivity contribution in [1.29, 1.82) is 0 Å². The second-order valence-electron chi connectivity index (χ2n) is 4.56. The van der Waals surface area contributed by atoms with E-state index in [0.29, 0.717) is 31.1 Å². The van der Waals surface area contributed by atoms with E-state index in [1.54, 1.807) is 11.0 Å². The maximum Gasteiger partial charge on any atom is 0.290 e. The molecule has 2 heterocycles. The van der Waals surface area contributed by atoms with Gasteiger partial charge >= 0.3 is 0 Å². The normalized spacial score (nSPS) is 19.8. The van der Waals surface area contributed by atoms with E-state index in [1.165, 1.54) is 0 Å². The Morgan fingerprint density at radius 3 is 3.05 bits per heavy atom. The number of carbonyl (C=O) groups excluding carboxylic acids is 1. The van der Waals surface area contributed by atoms with Gasteiger partial charge in [0.2, 0.25) is 0 Å². The first-order valence-corrected chi connectivity index (χ1v) is 6.28. The Kier molecular flexibility index (Phi) is 3.23. The molecule has 1 aliphatic heterocycles. The first kappa shape index (κ1) is 12.2. The number of morpholine rings is 1. The van der Waals surface area contributed by atoms with Gasteiger partial charge in [0.25, 0.3) is 5.91 Å². The van der Waals surface area contributed by atoms with E-state index in [9.17, 15) is 9.90 Å². The molecule has 1 atom stereocenters. The summed E-state index contributed by atoms with van der Waals surface area (Å²) in [5.41, 5.74) is 0.694. The number of rotatable bonds is 2. The van der Waals surface area contributed by atoms with Gasteiger partial charge in [0.1, 0.15) is 5.58 Å². The third-order valence-corrected chi connectivity index (χ3v) is 3.34. The largest absolute Gasteiger partial charge is 0.451 e. The number of nitrogens with zero attached hydrogens (tertiary/aromatic N) is 1. The molecule has 0 radical (unpaired) electrons. The first-order valence-electron chi connectivity index (χ1n) is 6.28. The molecule has 1 fully saturated rings. The van der Waals surface area contributed by atoms with Gasteiger partial charge in [-0.2, -0.15) is 0 Å². The van der Waals surface area contributed by atoms with E-state index < -0.39 is 0 Å². The number of aliphatic hydroxyl groups excluding tert-OH is 1. The molecule has 1 saturated heterocycles. The number of furan rings is 1. The van der Waals surface area contributed by atoms with E-state index in [1.807, 2.05) is 24.3 Å². The lowest BCUT2D eigenvalue weighted by Gasteiger charge is -2.33. The molecule has 1 aromatic carbocycles. The molecule has 0 aliphatic carbocycles. The van der Waals surface area contributed by atoms with E-state index in [4.69, 9.17) is 9.15 Å². The minimum absolute atomic E-state index is 0.105. The highest BCUT2D eigenvalue weighted by Crippen LogP contribution is 2.21. The lowest BCUT2D eigenvalue weighted by molar-refractivity contribution is -0.0195. The summed E-state index contributed by atoms with van der Waals surface area (Å²) in [5.74, 6) is 0.111. The van der Waals surface area contributed by atoms with Crippen LogP contribution in [0.4, 0.5) is 0 Å². The fourth-order valence-electron chi connectivity index (χ4n) is 2.30. The average Bonchev–Trinajstić information content (AvgIpc) is 2.90. The number of ether oxygens (including phenoxy) is 1. The van der Waals surface area contributed by atoms with E-state index in [-0.39, 0.29) is 18.6 Å². The number of benzene rings is 1. The Morgan fingerprint density at radius 2 is 2.26 bits per heavy atom. The quantitative estimate of drug-likeness (QED) is 0.884. The van der Waals surface area contributed by atoms with Gasteiger partial charge in [-0.1, -0.05) is 18.2 Å². The van der Waals surface area contributed by atoms with Crippen LogP contribution in [0.3, 0.4) is 0 Å². The molecule has 3 rings (SSSR count). The van der Waals surface area contributed by atoms with E-state index in [0.717, 1.165) is 5.39 Å². The topological polar surface area (TPSA) is 62.9 Å². The fraction of sp³-hybridized carbons (Fsp3) is 0.357. The number of hydrogen-bond donors (Lipinski definition) is 1. The van der Waals surface area contributed by atoms with Gasteiger partial charge in [0.05, 0.1) is 25.9 Å². The molecule has 2 aromatic rings. The van der Waals surface area contributed by atoms with Crippen LogP contribution in [-0.4, -0.2) is 48.3 Å². The van der Waals surface area contributed by atoms with E-state index in [2.05, 4.69) is 0 Å². The average molecular weight is 261 g/mol. The van der Waals surface area contributed by atoms with Gasteiger partial charge in [-0.3, -0.25) is 4.79 Å². The van der Waals surface area contributed by atoms with Crippen molar-refractivity contribution >= 4 is 16.9 Å². The molecule has 5 nitrogen and oxygen atoms in total. The van der Waals surface area contributed by atoms with Crippen molar-refractivity contribution < 1.29 is 19.1 Å². The highest BCUT2D eigenvalue weighted by Gasteiger charge is 2.29. The Hall–Kier alpha value is -1.85. The second kappa shape index (κ2) is 5.03. The predicted octanol–water partition coefficient (Wildman–Crippen LogP) is 1.27. The Balaban J connectivity index is 1.89. The minimum atomic E-state index is -0.297. The summed E-state index contributed by atoms with van der Waals surface area (Å²) in [4.78, 5) is 14.0. The number of amides is 1. The maximum absolute atomic E-state index is 12.4. The van der Waals surface area contributed by atoms with Crippen LogP contribution in [0, 0.1) is 0 Å². The third kappa shape index (κ3) is 2.22. The minimum Gasteiger partial charge on any atom is -0.451 e. The number of para-hydroxylation sites is 1. The molecule has 5 heteroatoms. The van der Waals surface area contributed by atoms with Crippen LogP contribution in [0.25, 0.3) is 11.0 Å². The van der Waals surface area contributed by atoms with Gasteiger partial charge in [0, 0.05) is 11.9 Å². The van der Waals surface area contributed by atoms with Gasteiger partial charge in [-0.05, 0) is 12.1 Å². The van der Waals surface area contributed by atoms with Crippen LogP contribution in [-0.2, 0) is 4.74 Å². The van der Waals surface area contributed by atoms with Crippen molar-refractivity contribution in [3.05, 3.63) is 36.1 Å². The summed E-state index contributed by atoms with van der Waals surface area (Å²) in [5, 5.41) is 10.2. The van der Waals surface area contributed by atoms with Gasteiger partial charge in [-0.15, -0.1) is 0 Å². The first-order chi connectivity index (χ1) is 9.29. The molecule has 1 amide bonds. The van der Waals surface area contributed by atoms with Crippen molar-refractivity contribution in [3.8, 4) is 0 Å². The van der Waals surface area contributed by atoms with Crippen molar-refractivity contribution in [3.63, 3.8) is 0 Å². The van der Waals surface area contributed by atoms with Gasteiger partial charge in [-0.25, -0.2) is 0 Å². The standard InChI is InChI=1S/C14H15NO4/c16-8-11-9-18-6-5-15(11)14(17)13-7-10-3-1-2-4-12(10)19-13/h1-4,7,11,16H,5-6,8-9H2. The Bertz CT molecular complexity index is 559. The molecule has 1 aliphatic rings. The number of carbonyl (C=O) groups is 1. The predicted molar refractivity (Wildman–Crippen MR) is 68.9 cm³/mol. The number of fused-ring (bicyclic) bond motifs is 1. The van der Waals surface area contributed by atoms with Crippen LogP contribution in [0.15, 0.2) is 34.7 Å². The highest BCUT2D eigenvalue weighted by molar-refractivity contribution is 5.96. The molecule has 1 unspecified atom stereocenters. The fourth-order valence-corrected chi connectivity index (χ4v) is 2.30.